The molecule has 1 unspecified atom stereocenters. The molecule has 1 aliphatic heterocycles. The van der Waals surface area contributed by atoms with Crippen LogP contribution in [0.3, 0.4) is 0 Å². The predicted octanol–water partition coefficient (Wildman–Crippen LogP) is 1.35. The van der Waals surface area contributed by atoms with Crippen LogP contribution in [0, 0.1) is 0 Å². The number of hydrogen-bond donors (Lipinski definition) is 0. The molecule has 5 heteroatoms. The summed E-state index contributed by atoms with van der Waals surface area (Å²) >= 11 is 0. The fourth-order valence-corrected chi connectivity index (χ4v) is 3.88. The van der Waals surface area contributed by atoms with Crippen molar-refractivity contribution in [3.63, 3.8) is 0 Å². The Labute approximate surface area is 113 Å². The Morgan fingerprint density at radius 2 is 2.00 bits per heavy atom. The summed E-state index contributed by atoms with van der Waals surface area (Å²) in [6.45, 7) is 0. The highest BCUT2D eigenvalue weighted by Crippen LogP contribution is 2.17. The zero-order valence-corrected chi connectivity index (χ0v) is 11.6. The second kappa shape index (κ2) is 5.57. The van der Waals surface area contributed by atoms with Crippen LogP contribution in [0.25, 0.3) is 6.08 Å². The molecule has 1 saturated heterocycles. The van der Waals surface area contributed by atoms with Gasteiger partial charge in [0.1, 0.15) is 0 Å². The molecule has 1 aromatic carbocycles. The van der Waals surface area contributed by atoms with E-state index < -0.39 is 9.84 Å². The maximum Gasteiger partial charge on any atom is 0.246 e. The number of likely N-dealkylation sites (N-methyl/N-ethyl adjacent to an activating group) is 1. The molecule has 19 heavy (non-hydrogen) atoms. The van der Waals surface area contributed by atoms with Gasteiger partial charge in [-0.25, -0.2) is 8.42 Å². The Kier molecular flexibility index (Phi) is 4.04. The number of amides is 1. The summed E-state index contributed by atoms with van der Waals surface area (Å²) in [5.74, 6) is 0.0949. The van der Waals surface area contributed by atoms with Gasteiger partial charge in [0, 0.05) is 19.2 Å². The van der Waals surface area contributed by atoms with Gasteiger partial charge in [0.15, 0.2) is 9.84 Å². The topological polar surface area (TPSA) is 54.5 Å². The first kappa shape index (κ1) is 13.8. The molecule has 0 N–H and O–H groups in total. The van der Waals surface area contributed by atoms with E-state index in [9.17, 15) is 13.2 Å². The molecular formula is C14H17NO3S. The zero-order valence-electron chi connectivity index (χ0n) is 10.8. The molecule has 1 aliphatic rings. The average molecular weight is 279 g/mol. The van der Waals surface area contributed by atoms with Crippen LogP contribution in [0.1, 0.15) is 12.0 Å². The van der Waals surface area contributed by atoms with E-state index in [4.69, 9.17) is 0 Å². The maximum absolute atomic E-state index is 12.0. The lowest BCUT2D eigenvalue weighted by Crippen LogP contribution is -2.36. The molecule has 0 bridgehead atoms. The number of benzene rings is 1. The minimum atomic E-state index is -2.96. The lowest BCUT2D eigenvalue weighted by Gasteiger charge is -2.21. The Morgan fingerprint density at radius 1 is 1.32 bits per heavy atom. The van der Waals surface area contributed by atoms with Gasteiger partial charge in [-0.3, -0.25) is 4.79 Å². The number of carbonyl (C=O) groups excluding carboxylic acids is 1. The van der Waals surface area contributed by atoms with Gasteiger partial charge in [0.2, 0.25) is 5.91 Å². The largest absolute Gasteiger partial charge is 0.338 e. The van der Waals surface area contributed by atoms with E-state index in [0.717, 1.165) is 5.56 Å². The van der Waals surface area contributed by atoms with Crippen LogP contribution in [0.15, 0.2) is 36.4 Å². The van der Waals surface area contributed by atoms with E-state index in [1.165, 1.54) is 11.0 Å². The fraction of sp³-hybridized carbons (Fsp3) is 0.357. The van der Waals surface area contributed by atoms with E-state index in [1.807, 2.05) is 30.3 Å². The third-order valence-corrected chi connectivity index (χ3v) is 5.07. The highest BCUT2D eigenvalue weighted by Gasteiger charge is 2.31. The molecule has 4 nitrogen and oxygen atoms in total. The van der Waals surface area contributed by atoms with E-state index >= 15 is 0 Å². The Morgan fingerprint density at radius 3 is 2.58 bits per heavy atom. The molecule has 1 aromatic rings. The van der Waals surface area contributed by atoms with E-state index in [0.29, 0.717) is 6.42 Å². The fourth-order valence-electron chi connectivity index (χ4n) is 2.11. The number of carbonyl (C=O) groups is 1. The minimum Gasteiger partial charge on any atom is -0.338 e. The van der Waals surface area contributed by atoms with Crippen molar-refractivity contribution in [1.82, 2.24) is 4.90 Å². The molecule has 1 amide bonds. The highest BCUT2D eigenvalue weighted by molar-refractivity contribution is 7.91. The normalized spacial score (nSPS) is 21.6. The molecule has 1 atom stereocenters. The van der Waals surface area contributed by atoms with Gasteiger partial charge in [0.25, 0.3) is 0 Å². The molecule has 0 aromatic heterocycles. The third kappa shape index (κ3) is 3.67. The van der Waals surface area contributed by atoms with Crippen LogP contribution < -0.4 is 0 Å². The molecular weight excluding hydrogens is 262 g/mol. The van der Waals surface area contributed by atoms with Crippen molar-refractivity contribution in [3.8, 4) is 0 Å². The maximum atomic E-state index is 12.0. The number of rotatable bonds is 3. The van der Waals surface area contributed by atoms with Crippen molar-refractivity contribution in [1.29, 1.82) is 0 Å². The van der Waals surface area contributed by atoms with Crippen LogP contribution in [-0.4, -0.2) is 43.8 Å². The number of sulfone groups is 1. The van der Waals surface area contributed by atoms with Crippen LogP contribution >= 0.6 is 0 Å². The molecule has 0 aliphatic carbocycles. The van der Waals surface area contributed by atoms with Gasteiger partial charge in [-0.1, -0.05) is 30.3 Å². The van der Waals surface area contributed by atoms with E-state index in [1.54, 1.807) is 13.1 Å². The van der Waals surface area contributed by atoms with Gasteiger partial charge in [-0.2, -0.15) is 0 Å². The van der Waals surface area contributed by atoms with Crippen LogP contribution in [0.5, 0.6) is 0 Å². The quantitative estimate of drug-likeness (QED) is 0.785. The van der Waals surface area contributed by atoms with E-state index in [2.05, 4.69) is 0 Å². The SMILES string of the molecule is CN(C(=O)C=Cc1ccccc1)C1CCS(=O)(=O)C1. The summed E-state index contributed by atoms with van der Waals surface area (Å²) in [5, 5.41) is 0. The van der Waals surface area contributed by atoms with Gasteiger partial charge < -0.3 is 4.90 Å². The summed E-state index contributed by atoms with van der Waals surface area (Å²) in [5.41, 5.74) is 0.947. The third-order valence-electron chi connectivity index (χ3n) is 3.32. The highest BCUT2D eigenvalue weighted by atomic mass is 32.2. The molecule has 0 radical (unpaired) electrons. The Bertz CT molecular complexity index is 578. The average Bonchev–Trinajstić information content (AvgIpc) is 2.76. The monoisotopic (exact) mass is 279 g/mol. The number of nitrogens with zero attached hydrogens (tertiary/aromatic N) is 1. The van der Waals surface area contributed by atoms with Gasteiger partial charge in [0.05, 0.1) is 11.5 Å². The second-order valence-corrected chi connectivity index (χ2v) is 6.98. The van der Waals surface area contributed by atoms with Crippen LogP contribution in [0.2, 0.25) is 0 Å². The van der Waals surface area contributed by atoms with Crippen LogP contribution in [0.4, 0.5) is 0 Å². The summed E-state index contributed by atoms with van der Waals surface area (Å²) in [7, 11) is -1.30. The molecule has 102 valence electrons. The van der Waals surface area contributed by atoms with E-state index in [-0.39, 0.29) is 23.5 Å². The van der Waals surface area contributed by atoms with Crippen LogP contribution in [-0.2, 0) is 14.6 Å². The van der Waals surface area contributed by atoms with Gasteiger partial charge >= 0.3 is 0 Å². The first-order chi connectivity index (χ1) is 8.98. The molecule has 1 heterocycles. The van der Waals surface area contributed by atoms with Gasteiger partial charge in [-0.15, -0.1) is 0 Å². The zero-order chi connectivity index (χ0) is 13.9. The smallest absolute Gasteiger partial charge is 0.246 e. The summed E-state index contributed by atoms with van der Waals surface area (Å²) in [6, 6.07) is 9.33. The summed E-state index contributed by atoms with van der Waals surface area (Å²) in [6.07, 6.45) is 3.76. The summed E-state index contributed by atoms with van der Waals surface area (Å²) in [4.78, 5) is 13.5. The molecule has 0 spiro atoms. The summed E-state index contributed by atoms with van der Waals surface area (Å²) < 4.78 is 22.8. The van der Waals surface area contributed by atoms with Crippen molar-refractivity contribution in [2.24, 2.45) is 0 Å². The van der Waals surface area contributed by atoms with Gasteiger partial charge in [-0.05, 0) is 18.1 Å². The lowest BCUT2D eigenvalue weighted by atomic mass is 10.2. The van der Waals surface area contributed by atoms with Crippen molar-refractivity contribution in [2.75, 3.05) is 18.6 Å². The second-order valence-electron chi connectivity index (χ2n) is 4.75. The standard InChI is InChI=1S/C14H17NO3S/c1-15(13-9-10-19(17,18)11-13)14(16)8-7-12-5-3-2-4-6-12/h2-8,13H,9-11H2,1H3. The Hall–Kier alpha value is -1.62. The molecule has 2 rings (SSSR count). The molecule has 1 fully saturated rings. The molecule has 0 saturated carbocycles. The Balaban J connectivity index is 1.99. The van der Waals surface area contributed by atoms with Crippen molar-refractivity contribution >= 4 is 21.8 Å². The first-order valence-electron chi connectivity index (χ1n) is 6.18. The van der Waals surface area contributed by atoms with Crippen molar-refractivity contribution in [2.45, 2.75) is 12.5 Å². The first-order valence-corrected chi connectivity index (χ1v) is 8.00. The minimum absolute atomic E-state index is 0.0778. The number of hydrogen-bond acceptors (Lipinski definition) is 3. The lowest BCUT2D eigenvalue weighted by molar-refractivity contribution is -0.126. The predicted molar refractivity (Wildman–Crippen MR) is 75.3 cm³/mol. The van der Waals surface area contributed by atoms with Crippen molar-refractivity contribution < 1.29 is 13.2 Å². The van der Waals surface area contributed by atoms with Crippen molar-refractivity contribution in [3.05, 3.63) is 42.0 Å².